The summed E-state index contributed by atoms with van der Waals surface area (Å²) in [5.74, 6) is 0.740. The Morgan fingerprint density at radius 3 is 2.94 bits per heavy atom. The second-order valence-electron chi connectivity index (χ2n) is 4.11. The van der Waals surface area contributed by atoms with Gasteiger partial charge >= 0.3 is 0 Å². The van der Waals surface area contributed by atoms with Gasteiger partial charge < -0.3 is 15.6 Å². The summed E-state index contributed by atoms with van der Waals surface area (Å²) >= 11 is 5.87. The molecule has 3 rings (SSSR count). The Kier molecular flexibility index (Phi) is 2.82. The molecule has 0 spiro atoms. The van der Waals surface area contributed by atoms with Crippen LogP contribution in [0.5, 0.6) is 0 Å². The van der Waals surface area contributed by atoms with Crippen LogP contribution in [0, 0.1) is 0 Å². The predicted octanol–water partition coefficient (Wildman–Crippen LogP) is 1.17. The lowest BCUT2D eigenvalue weighted by molar-refractivity contribution is 0.478. The molecule has 0 atom stereocenters. The van der Waals surface area contributed by atoms with Crippen LogP contribution in [0.3, 0.4) is 0 Å². The number of rotatable bonds is 2. The zero-order valence-electron chi connectivity index (χ0n) is 9.20. The van der Waals surface area contributed by atoms with Gasteiger partial charge in [0.05, 0.1) is 6.33 Å². The number of fused-ring (bicyclic) bond motifs is 1. The Hall–Kier alpha value is -1.40. The van der Waals surface area contributed by atoms with E-state index >= 15 is 0 Å². The molecular formula is C10H13ClN6. The normalized spacial score (nSPS) is 17.5. The molecule has 1 saturated heterocycles. The third kappa shape index (κ3) is 2.18. The first kappa shape index (κ1) is 10.7. The maximum absolute atomic E-state index is 5.87. The van der Waals surface area contributed by atoms with Gasteiger partial charge in [0.25, 0.3) is 0 Å². The van der Waals surface area contributed by atoms with Crippen molar-refractivity contribution in [2.24, 2.45) is 0 Å². The van der Waals surface area contributed by atoms with E-state index in [4.69, 9.17) is 11.6 Å². The van der Waals surface area contributed by atoms with Gasteiger partial charge in [-0.3, -0.25) is 0 Å². The molecule has 0 radical (unpaired) electrons. The molecule has 90 valence electrons. The second-order valence-corrected chi connectivity index (χ2v) is 4.45. The molecule has 2 aromatic heterocycles. The first-order valence-corrected chi connectivity index (χ1v) is 6.04. The monoisotopic (exact) mass is 252 g/mol. The van der Waals surface area contributed by atoms with Gasteiger partial charge in [0, 0.05) is 6.04 Å². The maximum Gasteiger partial charge on any atom is 0.226 e. The number of nitrogens with one attached hydrogen (secondary N) is 3. The van der Waals surface area contributed by atoms with Gasteiger partial charge in [-0.2, -0.15) is 9.97 Å². The maximum atomic E-state index is 5.87. The van der Waals surface area contributed by atoms with Crippen LogP contribution in [0.1, 0.15) is 12.8 Å². The fourth-order valence-corrected chi connectivity index (χ4v) is 2.24. The summed E-state index contributed by atoms with van der Waals surface area (Å²) in [7, 11) is 0. The number of hydrogen-bond donors (Lipinski definition) is 3. The first-order chi connectivity index (χ1) is 8.33. The minimum Gasteiger partial charge on any atom is -0.365 e. The van der Waals surface area contributed by atoms with E-state index in [0.717, 1.165) is 37.3 Å². The minimum absolute atomic E-state index is 0.223. The minimum atomic E-state index is 0.223. The highest BCUT2D eigenvalue weighted by atomic mass is 35.5. The number of imidazole rings is 1. The number of anilines is 1. The summed E-state index contributed by atoms with van der Waals surface area (Å²) in [5.41, 5.74) is 1.41. The van der Waals surface area contributed by atoms with Crippen molar-refractivity contribution in [1.29, 1.82) is 0 Å². The van der Waals surface area contributed by atoms with Crippen molar-refractivity contribution in [1.82, 2.24) is 25.3 Å². The van der Waals surface area contributed by atoms with Crippen molar-refractivity contribution in [3.63, 3.8) is 0 Å². The van der Waals surface area contributed by atoms with Crippen LogP contribution in [0.15, 0.2) is 6.33 Å². The van der Waals surface area contributed by atoms with E-state index in [9.17, 15) is 0 Å². The molecule has 0 bridgehead atoms. The number of nitrogens with zero attached hydrogens (tertiary/aromatic N) is 3. The lowest BCUT2D eigenvalue weighted by Gasteiger charge is -2.24. The van der Waals surface area contributed by atoms with Crippen LogP contribution < -0.4 is 10.6 Å². The van der Waals surface area contributed by atoms with Crippen molar-refractivity contribution in [2.45, 2.75) is 18.9 Å². The van der Waals surface area contributed by atoms with Crippen LogP contribution in [0.25, 0.3) is 11.2 Å². The van der Waals surface area contributed by atoms with Gasteiger partial charge in [-0.25, -0.2) is 4.98 Å². The number of aromatic amines is 1. The number of halogens is 1. The largest absolute Gasteiger partial charge is 0.365 e. The summed E-state index contributed by atoms with van der Waals surface area (Å²) < 4.78 is 0. The van der Waals surface area contributed by atoms with E-state index in [1.807, 2.05) is 0 Å². The van der Waals surface area contributed by atoms with Gasteiger partial charge in [-0.1, -0.05) is 0 Å². The van der Waals surface area contributed by atoms with E-state index < -0.39 is 0 Å². The number of hydrogen-bond acceptors (Lipinski definition) is 5. The van der Waals surface area contributed by atoms with E-state index in [1.165, 1.54) is 0 Å². The van der Waals surface area contributed by atoms with Crippen molar-refractivity contribution < 1.29 is 0 Å². The molecule has 7 heteroatoms. The van der Waals surface area contributed by atoms with Crippen LogP contribution in [-0.2, 0) is 0 Å². The number of piperidine rings is 1. The average Bonchev–Trinajstić information content (AvgIpc) is 2.78. The van der Waals surface area contributed by atoms with Crippen LogP contribution in [-0.4, -0.2) is 39.1 Å². The van der Waals surface area contributed by atoms with Crippen LogP contribution in [0.2, 0.25) is 5.28 Å². The Labute approximate surface area is 103 Å². The lowest BCUT2D eigenvalue weighted by Crippen LogP contribution is -2.35. The molecule has 3 N–H and O–H groups in total. The highest BCUT2D eigenvalue weighted by molar-refractivity contribution is 6.28. The number of aromatic nitrogens is 4. The molecule has 0 aliphatic carbocycles. The first-order valence-electron chi connectivity index (χ1n) is 5.67. The molecule has 17 heavy (non-hydrogen) atoms. The van der Waals surface area contributed by atoms with E-state index in [2.05, 4.69) is 30.6 Å². The van der Waals surface area contributed by atoms with E-state index in [-0.39, 0.29) is 5.28 Å². The fraction of sp³-hybridized carbons (Fsp3) is 0.500. The molecule has 0 amide bonds. The van der Waals surface area contributed by atoms with Gasteiger partial charge in [0.1, 0.15) is 5.52 Å². The standard InChI is InChI=1S/C10H13ClN6/c11-10-16-8-7(13-5-14-8)9(17-10)15-6-1-3-12-4-2-6/h5-6,12H,1-4H2,(H2,13,14,15,16,17). The zero-order chi connectivity index (χ0) is 11.7. The smallest absolute Gasteiger partial charge is 0.226 e. The molecule has 2 aromatic rings. The molecule has 6 nitrogen and oxygen atoms in total. The van der Waals surface area contributed by atoms with Crippen molar-refractivity contribution >= 4 is 28.6 Å². The fourth-order valence-electron chi connectivity index (χ4n) is 2.07. The Bertz CT molecular complexity index is 518. The molecule has 0 saturated carbocycles. The Morgan fingerprint density at radius 1 is 1.29 bits per heavy atom. The van der Waals surface area contributed by atoms with Crippen LogP contribution in [0.4, 0.5) is 5.82 Å². The summed E-state index contributed by atoms with van der Waals surface area (Å²) in [4.78, 5) is 15.4. The van der Waals surface area contributed by atoms with Gasteiger partial charge in [0.2, 0.25) is 5.28 Å². The molecule has 0 unspecified atom stereocenters. The number of H-pyrrole nitrogens is 1. The van der Waals surface area contributed by atoms with Crippen LogP contribution >= 0.6 is 11.6 Å². The van der Waals surface area contributed by atoms with Gasteiger partial charge in [-0.05, 0) is 37.5 Å². The summed E-state index contributed by atoms with van der Waals surface area (Å²) in [6.07, 6.45) is 3.76. The molecule has 3 heterocycles. The molecular weight excluding hydrogens is 240 g/mol. The van der Waals surface area contributed by atoms with Gasteiger partial charge in [-0.15, -0.1) is 0 Å². The SMILES string of the molecule is Clc1nc(NC2CCNCC2)c2[nH]cnc2n1. The van der Waals surface area contributed by atoms with Gasteiger partial charge in [0.15, 0.2) is 11.5 Å². The topological polar surface area (TPSA) is 78.5 Å². The molecule has 1 fully saturated rings. The van der Waals surface area contributed by atoms with E-state index in [0.29, 0.717) is 11.7 Å². The summed E-state index contributed by atoms with van der Waals surface area (Å²) in [5, 5.41) is 6.95. The predicted molar refractivity (Wildman–Crippen MR) is 66.2 cm³/mol. The quantitative estimate of drug-likeness (QED) is 0.700. The average molecular weight is 253 g/mol. The van der Waals surface area contributed by atoms with E-state index in [1.54, 1.807) is 6.33 Å². The summed E-state index contributed by atoms with van der Waals surface area (Å²) in [6, 6.07) is 0.425. The highest BCUT2D eigenvalue weighted by Crippen LogP contribution is 2.20. The summed E-state index contributed by atoms with van der Waals surface area (Å²) in [6.45, 7) is 2.06. The molecule has 1 aliphatic heterocycles. The Balaban J connectivity index is 1.90. The highest BCUT2D eigenvalue weighted by Gasteiger charge is 2.16. The second kappa shape index (κ2) is 4.46. The van der Waals surface area contributed by atoms with Crippen molar-refractivity contribution in [3.05, 3.63) is 11.6 Å². The third-order valence-electron chi connectivity index (χ3n) is 2.94. The Morgan fingerprint density at radius 2 is 2.12 bits per heavy atom. The lowest BCUT2D eigenvalue weighted by atomic mass is 10.1. The molecule has 1 aliphatic rings. The third-order valence-corrected chi connectivity index (χ3v) is 3.11. The zero-order valence-corrected chi connectivity index (χ0v) is 9.96. The van der Waals surface area contributed by atoms with Crippen molar-refractivity contribution in [3.8, 4) is 0 Å². The van der Waals surface area contributed by atoms with Crippen molar-refractivity contribution in [2.75, 3.05) is 18.4 Å². The molecule has 0 aromatic carbocycles.